The fourth-order valence-electron chi connectivity index (χ4n) is 3.52. The van der Waals surface area contributed by atoms with Gasteiger partial charge in [-0.25, -0.2) is 4.98 Å². The van der Waals surface area contributed by atoms with Crippen LogP contribution in [0.1, 0.15) is 19.8 Å². The summed E-state index contributed by atoms with van der Waals surface area (Å²) in [5.74, 6) is 1.81. The zero-order valence-electron chi connectivity index (χ0n) is 15.3. The van der Waals surface area contributed by atoms with Crippen LogP contribution in [0.4, 0.5) is 5.82 Å². The molecule has 3 heterocycles. The van der Waals surface area contributed by atoms with Crippen molar-refractivity contribution in [1.82, 2.24) is 15.2 Å². The summed E-state index contributed by atoms with van der Waals surface area (Å²) in [6.07, 6.45) is 4.06. The van der Waals surface area contributed by atoms with Crippen molar-refractivity contribution in [2.45, 2.75) is 25.8 Å². The molecule has 0 bridgehead atoms. The van der Waals surface area contributed by atoms with E-state index in [1.807, 2.05) is 23.2 Å². The lowest BCUT2D eigenvalue weighted by Crippen LogP contribution is -2.53. The van der Waals surface area contributed by atoms with Crippen molar-refractivity contribution < 1.29 is 9.53 Å². The number of halogens is 2. The number of piperidine rings is 1. The summed E-state index contributed by atoms with van der Waals surface area (Å²) in [6, 6.07) is 5.87. The van der Waals surface area contributed by atoms with Crippen molar-refractivity contribution in [3.05, 3.63) is 24.4 Å². The van der Waals surface area contributed by atoms with E-state index in [0.29, 0.717) is 19.1 Å². The van der Waals surface area contributed by atoms with Gasteiger partial charge in [0.1, 0.15) is 11.9 Å². The molecule has 3 rings (SSSR count). The lowest BCUT2D eigenvalue weighted by molar-refractivity contribution is -0.136. The Hall–Kier alpha value is -1.08. The molecule has 6 nitrogen and oxygen atoms in total. The molecule has 1 unspecified atom stereocenters. The summed E-state index contributed by atoms with van der Waals surface area (Å²) >= 11 is 0. The number of aromatic nitrogens is 1. The molecule has 2 aliphatic rings. The van der Waals surface area contributed by atoms with Crippen LogP contribution >= 0.6 is 24.8 Å². The fraction of sp³-hybridized carbons (Fsp3) is 0.667. The molecule has 1 N–H and O–H groups in total. The molecule has 26 heavy (non-hydrogen) atoms. The van der Waals surface area contributed by atoms with Crippen molar-refractivity contribution in [2.24, 2.45) is 5.92 Å². The van der Waals surface area contributed by atoms with E-state index >= 15 is 0 Å². The summed E-state index contributed by atoms with van der Waals surface area (Å²) in [6.45, 7) is 7.65. The van der Waals surface area contributed by atoms with Crippen molar-refractivity contribution in [1.29, 1.82) is 0 Å². The quantitative estimate of drug-likeness (QED) is 0.812. The highest BCUT2D eigenvalue weighted by atomic mass is 35.5. The highest BCUT2D eigenvalue weighted by molar-refractivity contribution is 5.85. The average molecular weight is 405 g/mol. The predicted octanol–water partition coefficient (Wildman–Crippen LogP) is 1.98. The molecule has 8 heteroatoms. The number of carbonyl (C=O) groups excluding carboxylic acids is 1. The number of carbonyl (C=O) groups is 1. The number of nitrogens with zero attached hydrogens (tertiary/aromatic N) is 3. The first-order valence-corrected chi connectivity index (χ1v) is 9.04. The SMILES string of the molecule is CCN(CC1CCN(c2ccccn2)CC1)C(=O)C1COCCN1.Cl.Cl. The molecule has 0 saturated carbocycles. The van der Waals surface area contributed by atoms with Crippen LogP contribution in [0.3, 0.4) is 0 Å². The van der Waals surface area contributed by atoms with E-state index < -0.39 is 0 Å². The van der Waals surface area contributed by atoms with Crippen LogP contribution in [0, 0.1) is 5.92 Å². The van der Waals surface area contributed by atoms with Crippen LogP contribution in [0.15, 0.2) is 24.4 Å². The Bertz CT molecular complexity index is 521. The number of anilines is 1. The molecular weight excluding hydrogens is 375 g/mol. The van der Waals surface area contributed by atoms with Crippen LogP contribution in [0.25, 0.3) is 0 Å². The molecule has 2 saturated heterocycles. The molecule has 2 aliphatic heterocycles. The van der Waals surface area contributed by atoms with Gasteiger partial charge in [0.15, 0.2) is 0 Å². The lowest BCUT2D eigenvalue weighted by atomic mass is 9.96. The number of nitrogens with one attached hydrogen (secondary N) is 1. The molecule has 2 fully saturated rings. The monoisotopic (exact) mass is 404 g/mol. The van der Waals surface area contributed by atoms with E-state index in [2.05, 4.69) is 28.2 Å². The van der Waals surface area contributed by atoms with E-state index in [0.717, 1.165) is 51.4 Å². The van der Waals surface area contributed by atoms with Gasteiger partial charge in [0.2, 0.25) is 5.91 Å². The molecule has 0 spiro atoms. The maximum absolute atomic E-state index is 12.7. The minimum absolute atomic E-state index is 0. The van der Waals surface area contributed by atoms with E-state index in [4.69, 9.17) is 4.74 Å². The van der Waals surface area contributed by atoms with Gasteiger partial charge >= 0.3 is 0 Å². The Kier molecular flexibility index (Phi) is 10.2. The van der Waals surface area contributed by atoms with Crippen molar-refractivity contribution in [3.8, 4) is 0 Å². The fourth-order valence-corrected chi connectivity index (χ4v) is 3.52. The van der Waals surface area contributed by atoms with Crippen LogP contribution in [-0.2, 0) is 9.53 Å². The number of rotatable bonds is 5. The number of amides is 1. The highest BCUT2D eigenvalue weighted by Gasteiger charge is 2.28. The molecular formula is C18H30Cl2N4O2. The Morgan fingerprint density at radius 1 is 1.35 bits per heavy atom. The van der Waals surface area contributed by atoms with E-state index in [1.165, 1.54) is 0 Å². The van der Waals surface area contributed by atoms with Gasteiger partial charge in [-0.2, -0.15) is 0 Å². The largest absolute Gasteiger partial charge is 0.378 e. The number of ether oxygens (including phenoxy) is 1. The van der Waals surface area contributed by atoms with Crippen LogP contribution in [0.5, 0.6) is 0 Å². The van der Waals surface area contributed by atoms with Gasteiger partial charge in [0.05, 0.1) is 13.2 Å². The van der Waals surface area contributed by atoms with Gasteiger partial charge < -0.3 is 19.9 Å². The Morgan fingerprint density at radius 3 is 2.69 bits per heavy atom. The Morgan fingerprint density at radius 2 is 2.12 bits per heavy atom. The first-order chi connectivity index (χ1) is 11.8. The molecule has 148 valence electrons. The first-order valence-electron chi connectivity index (χ1n) is 9.04. The molecule has 1 amide bonds. The zero-order valence-corrected chi connectivity index (χ0v) is 16.9. The minimum atomic E-state index is -0.174. The summed E-state index contributed by atoms with van der Waals surface area (Å²) in [5.41, 5.74) is 0. The van der Waals surface area contributed by atoms with Crippen molar-refractivity contribution >= 4 is 36.5 Å². The molecule has 0 aromatic carbocycles. The van der Waals surface area contributed by atoms with Gasteiger partial charge in [-0.1, -0.05) is 6.07 Å². The average Bonchev–Trinajstić information content (AvgIpc) is 2.67. The van der Waals surface area contributed by atoms with Gasteiger partial charge in [0, 0.05) is 38.9 Å². The number of pyridine rings is 1. The number of morpholine rings is 1. The van der Waals surface area contributed by atoms with E-state index in [9.17, 15) is 4.79 Å². The normalized spacial score (nSPS) is 20.7. The van der Waals surface area contributed by atoms with Crippen LogP contribution < -0.4 is 10.2 Å². The van der Waals surface area contributed by atoms with Gasteiger partial charge in [-0.05, 0) is 37.8 Å². The maximum Gasteiger partial charge on any atom is 0.242 e. The van der Waals surface area contributed by atoms with Gasteiger partial charge in [0.25, 0.3) is 0 Å². The lowest BCUT2D eigenvalue weighted by Gasteiger charge is -2.36. The zero-order chi connectivity index (χ0) is 16.8. The molecule has 1 aromatic heterocycles. The third kappa shape index (κ3) is 5.98. The number of likely N-dealkylation sites (N-methyl/N-ethyl adjacent to an activating group) is 1. The molecule has 1 atom stereocenters. The topological polar surface area (TPSA) is 57.7 Å². The summed E-state index contributed by atoms with van der Waals surface area (Å²) in [7, 11) is 0. The number of hydrogen-bond acceptors (Lipinski definition) is 5. The third-order valence-corrected chi connectivity index (χ3v) is 4.98. The third-order valence-electron chi connectivity index (χ3n) is 4.98. The van der Waals surface area contributed by atoms with E-state index in [1.54, 1.807) is 0 Å². The maximum atomic E-state index is 12.7. The Labute approximate surface area is 168 Å². The predicted molar refractivity (Wildman–Crippen MR) is 109 cm³/mol. The van der Waals surface area contributed by atoms with Crippen LogP contribution in [0.2, 0.25) is 0 Å². The second-order valence-corrected chi connectivity index (χ2v) is 6.58. The highest BCUT2D eigenvalue weighted by Crippen LogP contribution is 2.22. The molecule has 1 aromatic rings. The Balaban J connectivity index is 0.00000169. The smallest absolute Gasteiger partial charge is 0.242 e. The summed E-state index contributed by atoms with van der Waals surface area (Å²) < 4.78 is 5.43. The minimum Gasteiger partial charge on any atom is -0.378 e. The second-order valence-electron chi connectivity index (χ2n) is 6.58. The molecule has 0 radical (unpaired) electrons. The van der Waals surface area contributed by atoms with Crippen molar-refractivity contribution in [2.75, 3.05) is 50.8 Å². The summed E-state index contributed by atoms with van der Waals surface area (Å²) in [4.78, 5) is 21.4. The first kappa shape index (κ1) is 23.0. The number of hydrogen-bond donors (Lipinski definition) is 1. The van der Waals surface area contributed by atoms with E-state index in [-0.39, 0.29) is 36.8 Å². The standard InChI is InChI=1S/C18H28N4O2.2ClH/c1-2-21(18(23)16-14-24-12-9-19-16)13-15-6-10-22(11-7-15)17-5-3-4-8-20-17;;/h3-5,8,15-16,19H,2,6-7,9-14H2,1H3;2*1H. The van der Waals surface area contributed by atoms with Crippen molar-refractivity contribution in [3.63, 3.8) is 0 Å². The van der Waals surface area contributed by atoms with Gasteiger partial charge in [-0.3, -0.25) is 4.79 Å². The van der Waals surface area contributed by atoms with Gasteiger partial charge in [-0.15, -0.1) is 24.8 Å². The summed E-state index contributed by atoms with van der Waals surface area (Å²) in [5, 5.41) is 3.27. The second kappa shape index (κ2) is 11.6. The van der Waals surface area contributed by atoms with Crippen LogP contribution in [-0.4, -0.2) is 67.8 Å². The molecule has 0 aliphatic carbocycles.